The Morgan fingerprint density at radius 3 is 2.20 bits per heavy atom. The van der Waals surface area contributed by atoms with Crippen molar-refractivity contribution < 1.29 is 23.5 Å². The van der Waals surface area contributed by atoms with Crippen LogP contribution in [0, 0.1) is 13.8 Å². The third kappa shape index (κ3) is 2.90. The van der Waals surface area contributed by atoms with E-state index < -0.39 is 11.9 Å². The van der Waals surface area contributed by atoms with Crippen molar-refractivity contribution in [3.05, 3.63) is 58.0 Å². The van der Waals surface area contributed by atoms with Crippen molar-refractivity contribution in [3.8, 4) is 11.1 Å². The van der Waals surface area contributed by atoms with E-state index in [1.54, 1.807) is 13.8 Å². The summed E-state index contributed by atoms with van der Waals surface area (Å²) in [4.78, 5) is 34.1. The van der Waals surface area contributed by atoms with Crippen LogP contribution in [0.1, 0.15) is 32.1 Å². The van der Waals surface area contributed by atoms with Gasteiger partial charge in [0.15, 0.2) is 5.58 Å². The molecule has 0 amide bonds. The molecule has 0 unspecified atom stereocenters. The summed E-state index contributed by atoms with van der Waals surface area (Å²) in [6, 6.07) is 7.42. The first-order valence-electron chi connectivity index (χ1n) is 9.03. The highest BCUT2D eigenvalue weighted by atomic mass is 35.5. The Kier molecular flexibility index (Phi) is 4.91. The predicted octanol–water partition coefficient (Wildman–Crippen LogP) is 4.89. The fourth-order valence-corrected chi connectivity index (χ4v) is 3.89. The van der Waals surface area contributed by atoms with Gasteiger partial charge in [-0.15, -0.1) is 0 Å². The van der Waals surface area contributed by atoms with E-state index in [0.717, 1.165) is 5.39 Å². The number of ether oxygens (including phenoxy) is 2. The number of carbonyl (C=O) groups is 2. The monoisotopic (exact) mass is 424 g/mol. The minimum absolute atomic E-state index is 0.114. The quantitative estimate of drug-likeness (QED) is 0.432. The van der Waals surface area contributed by atoms with Crippen LogP contribution in [-0.4, -0.2) is 36.1 Å². The molecule has 7 nitrogen and oxygen atoms in total. The zero-order chi connectivity index (χ0) is 21.6. The summed E-state index contributed by atoms with van der Waals surface area (Å²) in [7, 11) is 2.51. The lowest BCUT2D eigenvalue weighted by molar-refractivity contribution is 0.0599. The summed E-state index contributed by atoms with van der Waals surface area (Å²) >= 11 is 6.73. The summed E-state index contributed by atoms with van der Waals surface area (Å²) in [5.74, 6) is -1.30. The van der Waals surface area contributed by atoms with Gasteiger partial charge in [0.05, 0.1) is 41.8 Å². The summed E-state index contributed by atoms with van der Waals surface area (Å²) < 4.78 is 15.8. The molecule has 0 radical (unpaired) electrons. The van der Waals surface area contributed by atoms with Crippen molar-refractivity contribution in [3.63, 3.8) is 0 Å². The molecule has 152 valence electrons. The zero-order valence-corrected chi connectivity index (χ0v) is 17.5. The maximum atomic E-state index is 12.6. The van der Waals surface area contributed by atoms with E-state index in [1.807, 2.05) is 24.3 Å². The Morgan fingerprint density at radius 1 is 1.00 bits per heavy atom. The smallest absolute Gasteiger partial charge is 0.340 e. The minimum Gasteiger partial charge on any atom is -0.465 e. The molecule has 0 aliphatic rings. The lowest BCUT2D eigenvalue weighted by Crippen LogP contribution is -2.16. The van der Waals surface area contributed by atoms with Crippen molar-refractivity contribution in [1.82, 2.24) is 9.97 Å². The molecule has 4 aromatic rings. The molecule has 0 atom stereocenters. The Hall–Kier alpha value is -3.45. The lowest BCUT2D eigenvalue weighted by atomic mass is 9.93. The molecule has 8 heteroatoms. The number of esters is 2. The van der Waals surface area contributed by atoms with E-state index in [0.29, 0.717) is 33.6 Å². The molecule has 0 saturated heterocycles. The molecule has 0 N–H and O–H groups in total. The highest BCUT2D eigenvalue weighted by Crippen LogP contribution is 2.41. The molecule has 4 rings (SSSR count). The molecular weight excluding hydrogens is 408 g/mol. The number of para-hydroxylation sites is 1. The molecule has 3 heterocycles. The normalized spacial score (nSPS) is 11.1. The van der Waals surface area contributed by atoms with Gasteiger partial charge >= 0.3 is 11.9 Å². The number of methoxy groups -OCH3 is 2. The number of rotatable bonds is 3. The van der Waals surface area contributed by atoms with Gasteiger partial charge in [-0.1, -0.05) is 23.7 Å². The SMILES string of the molecule is COC(=O)c1c(C)nc(C)c(C(=O)OC)c1-c1cnc2c(oc3ccccc32)c1Cl. The number of hydrogen-bond acceptors (Lipinski definition) is 7. The van der Waals surface area contributed by atoms with Crippen LogP contribution in [0.15, 0.2) is 34.9 Å². The average Bonchev–Trinajstić information content (AvgIpc) is 3.12. The van der Waals surface area contributed by atoms with E-state index in [9.17, 15) is 9.59 Å². The first-order chi connectivity index (χ1) is 14.4. The van der Waals surface area contributed by atoms with Crippen LogP contribution in [0.25, 0.3) is 33.2 Å². The summed E-state index contributed by atoms with van der Waals surface area (Å²) in [5.41, 5.74) is 3.17. The zero-order valence-electron chi connectivity index (χ0n) is 16.7. The van der Waals surface area contributed by atoms with Gasteiger partial charge in [-0.05, 0) is 26.0 Å². The van der Waals surface area contributed by atoms with Crippen LogP contribution >= 0.6 is 11.6 Å². The highest BCUT2D eigenvalue weighted by Gasteiger charge is 2.29. The number of aryl methyl sites for hydroxylation is 2. The van der Waals surface area contributed by atoms with Crippen LogP contribution in [0.3, 0.4) is 0 Å². The number of pyridine rings is 2. The second-order valence-electron chi connectivity index (χ2n) is 6.65. The topological polar surface area (TPSA) is 91.5 Å². The molecule has 1 aromatic carbocycles. The van der Waals surface area contributed by atoms with Gasteiger partial charge in [-0.3, -0.25) is 9.97 Å². The van der Waals surface area contributed by atoms with Crippen molar-refractivity contribution in [2.24, 2.45) is 0 Å². The van der Waals surface area contributed by atoms with Gasteiger partial charge in [-0.2, -0.15) is 0 Å². The third-order valence-corrected chi connectivity index (χ3v) is 5.31. The molecule has 0 saturated carbocycles. The molecule has 3 aromatic heterocycles. The standard InChI is InChI=1S/C22H17ClN2O5/c1-10-15(21(26)28-3)17(16(11(2)25-10)22(27)29-4)13-9-24-19-12-7-5-6-8-14(12)30-20(19)18(13)23/h5-9H,1-4H3. The minimum atomic E-state index is -0.652. The molecule has 0 spiro atoms. The summed E-state index contributed by atoms with van der Waals surface area (Å²) in [5, 5.41) is 1.03. The first-order valence-corrected chi connectivity index (χ1v) is 9.40. The van der Waals surface area contributed by atoms with E-state index in [1.165, 1.54) is 20.4 Å². The van der Waals surface area contributed by atoms with Crippen molar-refractivity contribution in [2.75, 3.05) is 14.2 Å². The maximum Gasteiger partial charge on any atom is 0.340 e. The second kappa shape index (κ2) is 7.42. The number of benzene rings is 1. The van der Waals surface area contributed by atoms with Crippen molar-refractivity contribution >= 4 is 45.6 Å². The third-order valence-electron chi connectivity index (χ3n) is 4.94. The van der Waals surface area contributed by atoms with E-state index in [-0.39, 0.29) is 21.7 Å². The van der Waals surface area contributed by atoms with Gasteiger partial charge in [0.2, 0.25) is 0 Å². The number of carbonyl (C=O) groups excluding carboxylic acids is 2. The number of halogens is 1. The van der Waals surface area contributed by atoms with Gasteiger partial charge < -0.3 is 13.9 Å². The molecule has 0 aliphatic carbocycles. The van der Waals surface area contributed by atoms with Crippen LogP contribution in [0.5, 0.6) is 0 Å². The number of aromatic nitrogens is 2. The lowest BCUT2D eigenvalue weighted by Gasteiger charge is -2.17. The van der Waals surface area contributed by atoms with Gasteiger partial charge in [0, 0.05) is 22.7 Å². The largest absolute Gasteiger partial charge is 0.465 e. The maximum absolute atomic E-state index is 12.6. The van der Waals surface area contributed by atoms with E-state index in [2.05, 4.69) is 9.97 Å². The predicted molar refractivity (Wildman–Crippen MR) is 112 cm³/mol. The Labute approximate surface area is 176 Å². The van der Waals surface area contributed by atoms with Crippen LogP contribution in [0.4, 0.5) is 0 Å². The summed E-state index contributed by atoms with van der Waals surface area (Å²) in [6.07, 6.45) is 1.51. The number of nitrogens with zero attached hydrogens (tertiary/aromatic N) is 2. The molecule has 0 fully saturated rings. The number of fused-ring (bicyclic) bond motifs is 3. The van der Waals surface area contributed by atoms with E-state index >= 15 is 0 Å². The molecule has 0 bridgehead atoms. The van der Waals surface area contributed by atoms with Crippen molar-refractivity contribution in [2.45, 2.75) is 13.8 Å². The van der Waals surface area contributed by atoms with Gasteiger partial charge in [0.25, 0.3) is 0 Å². The Balaban J connectivity index is 2.14. The fourth-order valence-electron chi connectivity index (χ4n) is 3.61. The summed E-state index contributed by atoms with van der Waals surface area (Å²) in [6.45, 7) is 3.32. The average molecular weight is 425 g/mol. The Bertz CT molecular complexity index is 1300. The van der Waals surface area contributed by atoms with E-state index in [4.69, 9.17) is 25.5 Å². The van der Waals surface area contributed by atoms with Crippen LogP contribution < -0.4 is 0 Å². The van der Waals surface area contributed by atoms with Crippen LogP contribution in [0.2, 0.25) is 5.02 Å². The van der Waals surface area contributed by atoms with Gasteiger partial charge in [-0.25, -0.2) is 9.59 Å². The van der Waals surface area contributed by atoms with Crippen LogP contribution in [-0.2, 0) is 9.47 Å². The first kappa shape index (κ1) is 19.8. The molecule has 30 heavy (non-hydrogen) atoms. The van der Waals surface area contributed by atoms with Crippen molar-refractivity contribution in [1.29, 1.82) is 0 Å². The highest BCUT2D eigenvalue weighted by molar-refractivity contribution is 6.38. The Morgan fingerprint density at radius 2 is 1.60 bits per heavy atom. The van der Waals surface area contributed by atoms with Gasteiger partial charge in [0.1, 0.15) is 11.1 Å². The molecule has 0 aliphatic heterocycles. The fraction of sp³-hybridized carbons (Fsp3) is 0.182. The number of hydrogen-bond donors (Lipinski definition) is 0. The molecular formula is C22H17ClN2O5. The number of furan rings is 1. The second-order valence-corrected chi connectivity index (χ2v) is 7.03.